The molecule has 0 aliphatic carbocycles. The van der Waals surface area contributed by atoms with Crippen LogP contribution in [-0.2, 0) is 11.8 Å². The third-order valence-corrected chi connectivity index (χ3v) is 5.50. The first-order valence-corrected chi connectivity index (χ1v) is 8.91. The van der Waals surface area contributed by atoms with Gasteiger partial charge in [-0.3, -0.25) is 9.48 Å². The van der Waals surface area contributed by atoms with Crippen molar-refractivity contribution in [2.24, 2.45) is 13.0 Å². The van der Waals surface area contributed by atoms with Crippen LogP contribution in [0.15, 0.2) is 30.6 Å². The maximum absolute atomic E-state index is 13.2. The van der Waals surface area contributed by atoms with E-state index in [9.17, 15) is 4.79 Å². The monoisotopic (exact) mass is 376 g/mol. The van der Waals surface area contributed by atoms with Crippen LogP contribution in [-0.4, -0.2) is 40.7 Å². The SMILES string of the molecule is Cc1ccc(C)c(C(C)N(C)C(=O)[C@H]2CNC[C@@H]2c2cnn(C)c2)c1.Cl. The minimum absolute atomic E-state index is 0. The van der Waals surface area contributed by atoms with Crippen molar-refractivity contribution in [3.63, 3.8) is 0 Å². The minimum Gasteiger partial charge on any atom is -0.339 e. The lowest BCUT2D eigenvalue weighted by Gasteiger charge is -2.30. The lowest BCUT2D eigenvalue weighted by Crippen LogP contribution is -2.37. The van der Waals surface area contributed by atoms with Crippen LogP contribution in [0.1, 0.15) is 41.1 Å². The Kier molecular flexibility index (Phi) is 6.48. The van der Waals surface area contributed by atoms with Gasteiger partial charge in [-0.15, -0.1) is 12.4 Å². The minimum atomic E-state index is -0.0400. The van der Waals surface area contributed by atoms with Gasteiger partial charge < -0.3 is 10.2 Å². The van der Waals surface area contributed by atoms with E-state index in [-0.39, 0.29) is 36.2 Å². The summed E-state index contributed by atoms with van der Waals surface area (Å²) in [6, 6.07) is 6.50. The van der Waals surface area contributed by atoms with Crippen molar-refractivity contribution in [2.75, 3.05) is 20.1 Å². The molecule has 0 saturated carbocycles. The van der Waals surface area contributed by atoms with E-state index < -0.39 is 0 Å². The number of nitrogens with one attached hydrogen (secondary N) is 1. The Bertz CT molecular complexity index is 773. The number of hydrogen-bond donors (Lipinski definition) is 1. The zero-order chi connectivity index (χ0) is 18.1. The lowest BCUT2D eigenvalue weighted by atomic mass is 9.89. The predicted molar refractivity (Wildman–Crippen MR) is 107 cm³/mol. The van der Waals surface area contributed by atoms with Crippen LogP contribution >= 0.6 is 12.4 Å². The van der Waals surface area contributed by atoms with Crippen molar-refractivity contribution in [2.45, 2.75) is 32.7 Å². The van der Waals surface area contributed by atoms with Crippen LogP contribution in [0.25, 0.3) is 0 Å². The van der Waals surface area contributed by atoms with E-state index in [4.69, 9.17) is 0 Å². The van der Waals surface area contributed by atoms with Gasteiger partial charge in [-0.1, -0.05) is 23.8 Å². The van der Waals surface area contributed by atoms with E-state index in [0.29, 0.717) is 0 Å². The van der Waals surface area contributed by atoms with Crippen molar-refractivity contribution in [3.05, 3.63) is 52.8 Å². The molecule has 1 N–H and O–H groups in total. The van der Waals surface area contributed by atoms with Gasteiger partial charge in [0.2, 0.25) is 5.91 Å². The van der Waals surface area contributed by atoms with Gasteiger partial charge in [0.05, 0.1) is 18.2 Å². The number of halogens is 1. The first kappa shape index (κ1) is 20.5. The van der Waals surface area contributed by atoms with Gasteiger partial charge in [0.15, 0.2) is 0 Å². The highest BCUT2D eigenvalue weighted by molar-refractivity contribution is 5.85. The Balaban J connectivity index is 0.00000243. The number of nitrogens with zero attached hydrogens (tertiary/aromatic N) is 3. The molecule has 1 aliphatic rings. The Morgan fingerprint density at radius 1 is 1.35 bits per heavy atom. The summed E-state index contributed by atoms with van der Waals surface area (Å²) in [4.78, 5) is 15.1. The quantitative estimate of drug-likeness (QED) is 0.892. The number of aromatic nitrogens is 2. The second-order valence-corrected chi connectivity index (χ2v) is 7.30. The highest BCUT2D eigenvalue weighted by Gasteiger charge is 2.37. The summed E-state index contributed by atoms with van der Waals surface area (Å²) in [6.45, 7) is 7.87. The average Bonchev–Trinajstić information content (AvgIpc) is 3.23. The van der Waals surface area contributed by atoms with Crippen LogP contribution in [0.3, 0.4) is 0 Å². The molecule has 5 nitrogen and oxygen atoms in total. The van der Waals surface area contributed by atoms with E-state index in [1.54, 1.807) is 4.68 Å². The van der Waals surface area contributed by atoms with Crippen LogP contribution in [0.4, 0.5) is 0 Å². The summed E-state index contributed by atoms with van der Waals surface area (Å²) in [6.07, 6.45) is 3.90. The van der Waals surface area contributed by atoms with Gasteiger partial charge in [0.25, 0.3) is 0 Å². The van der Waals surface area contributed by atoms with Crippen LogP contribution in [0.5, 0.6) is 0 Å². The maximum atomic E-state index is 13.2. The molecule has 1 aliphatic heterocycles. The maximum Gasteiger partial charge on any atom is 0.227 e. The van der Waals surface area contributed by atoms with Gasteiger partial charge in [-0.25, -0.2) is 0 Å². The van der Waals surface area contributed by atoms with Crippen molar-refractivity contribution in [1.82, 2.24) is 20.0 Å². The molecule has 1 unspecified atom stereocenters. The van der Waals surface area contributed by atoms with Gasteiger partial charge in [-0.05, 0) is 37.5 Å². The first-order chi connectivity index (χ1) is 11.9. The predicted octanol–water partition coefficient (Wildman–Crippen LogP) is 2.98. The largest absolute Gasteiger partial charge is 0.339 e. The van der Waals surface area contributed by atoms with Gasteiger partial charge in [-0.2, -0.15) is 5.10 Å². The highest BCUT2D eigenvalue weighted by atomic mass is 35.5. The molecule has 1 amide bonds. The summed E-state index contributed by atoms with van der Waals surface area (Å²) < 4.78 is 1.80. The molecule has 3 atom stereocenters. The molecule has 6 heteroatoms. The first-order valence-electron chi connectivity index (χ1n) is 8.91. The molecule has 142 valence electrons. The third kappa shape index (κ3) is 3.94. The molecule has 0 spiro atoms. The number of carbonyl (C=O) groups is 1. The summed E-state index contributed by atoms with van der Waals surface area (Å²) in [7, 11) is 3.84. The summed E-state index contributed by atoms with van der Waals surface area (Å²) in [5.41, 5.74) is 4.81. The molecule has 3 rings (SSSR count). The lowest BCUT2D eigenvalue weighted by molar-refractivity contribution is -0.136. The molecule has 0 radical (unpaired) electrons. The highest BCUT2D eigenvalue weighted by Crippen LogP contribution is 2.32. The molecule has 26 heavy (non-hydrogen) atoms. The second-order valence-electron chi connectivity index (χ2n) is 7.30. The average molecular weight is 377 g/mol. The van der Waals surface area contributed by atoms with Crippen LogP contribution in [0.2, 0.25) is 0 Å². The fraction of sp³-hybridized carbons (Fsp3) is 0.500. The number of rotatable bonds is 4. The molecule has 1 aromatic carbocycles. The topological polar surface area (TPSA) is 50.2 Å². The smallest absolute Gasteiger partial charge is 0.227 e. The number of hydrogen-bond acceptors (Lipinski definition) is 3. The Labute approximate surface area is 162 Å². The van der Waals surface area contributed by atoms with Crippen molar-refractivity contribution < 1.29 is 4.79 Å². The number of aryl methyl sites for hydroxylation is 3. The summed E-state index contributed by atoms with van der Waals surface area (Å²) in [5.74, 6) is 0.350. The second kappa shape index (κ2) is 8.23. The fourth-order valence-electron chi connectivity index (χ4n) is 3.79. The molecule has 1 fully saturated rings. The number of amides is 1. The fourth-order valence-corrected chi connectivity index (χ4v) is 3.79. The standard InChI is InChI=1S/C20H28N4O.ClH/c1-13-6-7-14(2)17(8-13)15(3)24(5)20(25)19-11-21-10-18(19)16-9-22-23(4)12-16;/h6-9,12,15,18-19,21H,10-11H2,1-5H3;1H/t15?,18-,19+;/m1./s1. The van der Waals surface area contributed by atoms with E-state index in [2.05, 4.69) is 49.4 Å². The van der Waals surface area contributed by atoms with Crippen LogP contribution < -0.4 is 5.32 Å². The molecule has 2 heterocycles. The molecule has 2 aromatic rings. The van der Waals surface area contributed by atoms with Crippen molar-refractivity contribution in [3.8, 4) is 0 Å². The Morgan fingerprint density at radius 2 is 2.08 bits per heavy atom. The molecule has 0 bridgehead atoms. The molecule has 1 aromatic heterocycles. The third-order valence-electron chi connectivity index (χ3n) is 5.50. The molecular formula is C20H29ClN4O. The van der Waals surface area contributed by atoms with Gasteiger partial charge in [0.1, 0.15) is 0 Å². The number of carbonyl (C=O) groups excluding carboxylic acids is 1. The zero-order valence-corrected chi connectivity index (χ0v) is 17.0. The normalized spacial score (nSPS) is 20.5. The molecular weight excluding hydrogens is 348 g/mol. The van der Waals surface area contributed by atoms with E-state index >= 15 is 0 Å². The Hall–Kier alpha value is -1.85. The van der Waals surface area contributed by atoms with Crippen LogP contribution in [0, 0.1) is 19.8 Å². The van der Waals surface area contributed by atoms with E-state index in [1.807, 2.05) is 31.4 Å². The number of benzene rings is 1. The van der Waals surface area contributed by atoms with Crippen molar-refractivity contribution in [1.29, 1.82) is 0 Å². The Morgan fingerprint density at radius 3 is 2.73 bits per heavy atom. The van der Waals surface area contributed by atoms with Crippen molar-refractivity contribution >= 4 is 18.3 Å². The summed E-state index contributed by atoms with van der Waals surface area (Å²) >= 11 is 0. The van der Waals surface area contributed by atoms with Gasteiger partial charge in [0, 0.05) is 39.3 Å². The molecule has 1 saturated heterocycles. The summed E-state index contributed by atoms with van der Waals surface area (Å²) in [5, 5.41) is 7.65. The van der Waals surface area contributed by atoms with Gasteiger partial charge >= 0.3 is 0 Å². The zero-order valence-electron chi connectivity index (χ0n) is 16.2. The van der Waals surface area contributed by atoms with E-state index in [0.717, 1.165) is 18.7 Å². The van der Waals surface area contributed by atoms with E-state index in [1.165, 1.54) is 16.7 Å².